The summed E-state index contributed by atoms with van der Waals surface area (Å²) in [6, 6.07) is 10.3. The van der Waals surface area contributed by atoms with Gasteiger partial charge in [0.05, 0.1) is 0 Å². The average Bonchev–Trinajstić information content (AvgIpc) is 3.40. The molecule has 0 spiro atoms. The monoisotopic (exact) mass is 415 g/mol. The Kier molecular flexibility index (Phi) is 5.25. The summed E-state index contributed by atoms with van der Waals surface area (Å²) in [7, 11) is 0. The van der Waals surface area contributed by atoms with E-state index in [1.807, 2.05) is 0 Å². The molecule has 2 heterocycles. The number of halogens is 1. The second-order valence-corrected chi connectivity index (χ2v) is 6.79. The highest BCUT2D eigenvalue weighted by Gasteiger charge is 2.17. The van der Waals surface area contributed by atoms with E-state index >= 15 is 0 Å². The second kappa shape index (κ2) is 8.15. The number of hydrogen-bond acceptors (Lipinski definition) is 7. The summed E-state index contributed by atoms with van der Waals surface area (Å²) in [6.07, 6.45) is 0. The minimum absolute atomic E-state index is 0.105. The van der Waals surface area contributed by atoms with Crippen molar-refractivity contribution in [2.24, 2.45) is 0 Å². The van der Waals surface area contributed by atoms with Crippen LogP contribution in [0.1, 0.15) is 25.9 Å². The van der Waals surface area contributed by atoms with Gasteiger partial charge < -0.3 is 14.2 Å². The van der Waals surface area contributed by atoms with E-state index in [4.69, 9.17) is 14.2 Å². The highest BCUT2D eigenvalue weighted by Crippen LogP contribution is 2.32. The van der Waals surface area contributed by atoms with E-state index in [0.29, 0.717) is 27.8 Å². The number of rotatable bonds is 5. The van der Waals surface area contributed by atoms with Crippen molar-refractivity contribution in [2.45, 2.75) is 6.61 Å². The number of fused-ring (bicyclic) bond motifs is 1. The van der Waals surface area contributed by atoms with Crippen LogP contribution in [0.4, 0.5) is 4.39 Å². The Morgan fingerprint density at radius 2 is 1.83 bits per heavy atom. The van der Waals surface area contributed by atoms with Crippen LogP contribution in [0.3, 0.4) is 0 Å². The molecule has 1 aromatic heterocycles. The smallest absolute Gasteiger partial charge is 0.289 e. The lowest BCUT2D eigenvalue weighted by atomic mass is 10.2. The fourth-order valence-corrected chi connectivity index (χ4v) is 3.13. The third-order valence-electron chi connectivity index (χ3n) is 3.88. The second-order valence-electron chi connectivity index (χ2n) is 5.85. The van der Waals surface area contributed by atoms with Crippen molar-refractivity contribution in [2.75, 3.05) is 6.79 Å². The quantitative estimate of drug-likeness (QED) is 0.622. The Bertz CT molecular complexity index is 1050. The fourth-order valence-electron chi connectivity index (χ4n) is 2.44. The molecule has 8 nitrogen and oxygen atoms in total. The minimum atomic E-state index is -0.566. The standard InChI is InChI=1S/C19H14FN3O5S/c20-12-2-4-13(5-3-12)26-8-17-21-14(9-29-17)19(25)23-22-18(24)11-1-6-15-16(7-11)28-10-27-15/h1-7,9H,8,10H2,(H,22,24)(H,23,25). The summed E-state index contributed by atoms with van der Waals surface area (Å²) in [5, 5.41) is 2.10. The molecule has 0 saturated carbocycles. The van der Waals surface area contributed by atoms with Gasteiger partial charge in [0.25, 0.3) is 11.8 Å². The van der Waals surface area contributed by atoms with Gasteiger partial charge in [0, 0.05) is 10.9 Å². The van der Waals surface area contributed by atoms with Crippen LogP contribution in [0.25, 0.3) is 0 Å². The van der Waals surface area contributed by atoms with Gasteiger partial charge in [-0.2, -0.15) is 0 Å². The number of aromatic nitrogens is 1. The van der Waals surface area contributed by atoms with Crippen LogP contribution in [0.5, 0.6) is 17.2 Å². The van der Waals surface area contributed by atoms with Crippen LogP contribution >= 0.6 is 11.3 Å². The summed E-state index contributed by atoms with van der Waals surface area (Å²) in [6.45, 7) is 0.237. The predicted molar refractivity (Wildman–Crippen MR) is 100 cm³/mol. The number of hydrogen-bond donors (Lipinski definition) is 2. The van der Waals surface area contributed by atoms with E-state index in [-0.39, 0.29) is 24.9 Å². The largest absolute Gasteiger partial charge is 0.486 e. The SMILES string of the molecule is O=C(NNC(=O)c1csc(COc2ccc(F)cc2)n1)c1ccc2c(c1)OCO2. The first-order chi connectivity index (χ1) is 14.1. The van der Waals surface area contributed by atoms with Gasteiger partial charge >= 0.3 is 0 Å². The van der Waals surface area contributed by atoms with Gasteiger partial charge in [-0.05, 0) is 42.5 Å². The predicted octanol–water partition coefficient (Wildman–Crippen LogP) is 2.66. The Morgan fingerprint density at radius 1 is 1.07 bits per heavy atom. The molecule has 0 radical (unpaired) electrons. The summed E-state index contributed by atoms with van der Waals surface area (Å²) >= 11 is 1.23. The van der Waals surface area contributed by atoms with E-state index in [2.05, 4.69) is 15.8 Å². The van der Waals surface area contributed by atoms with Gasteiger partial charge in [0.15, 0.2) is 11.5 Å². The highest BCUT2D eigenvalue weighted by molar-refractivity contribution is 7.09. The summed E-state index contributed by atoms with van der Waals surface area (Å²) in [5.74, 6) is 0.0878. The van der Waals surface area contributed by atoms with Gasteiger partial charge in [-0.3, -0.25) is 20.4 Å². The number of amides is 2. The van der Waals surface area contributed by atoms with Gasteiger partial charge in [-0.15, -0.1) is 11.3 Å². The first-order valence-electron chi connectivity index (χ1n) is 8.41. The number of nitrogens with zero attached hydrogens (tertiary/aromatic N) is 1. The number of ether oxygens (including phenoxy) is 3. The first kappa shape index (κ1) is 18.7. The number of hydrazine groups is 1. The Labute approximate surface area is 168 Å². The molecule has 0 saturated heterocycles. The zero-order chi connectivity index (χ0) is 20.2. The lowest BCUT2D eigenvalue weighted by Crippen LogP contribution is -2.41. The van der Waals surface area contributed by atoms with Gasteiger partial charge in [-0.25, -0.2) is 9.37 Å². The lowest BCUT2D eigenvalue weighted by molar-refractivity contribution is 0.0844. The van der Waals surface area contributed by atoms with Crippen LogP contribution in [0.15, 0.2) is 47.8 Å². The fraction of sp³-hybridized carbons (Fsp3) is 0.105. The van der Waals surface area contributed by atoms with Crippen molar-refractivity contribution in [1.29, 1.82) is 0 Å². The summed E-state index contributed by atoms with van der Waals surface area (Å²) in [4.78, 5) is 28.5. The maximum Gasteiger partial charge on any atom is 0.289 e. The van der Waals surface area contributed by atoms with Crippen molar-refractivity contribution in [3.05, 3.63) is 69.9 Å². The van der Waals surface area contributed by atoms with Crippen molar-refractivity contribution in [1.82, 2.24) is 15.8 Å². The van der Waals surface area contributed by atoms with Crippen molar-refractivity contribution in [3.8, 4) is 17.2 Å². The minimum Gasteiger partial charge on any atom is -0.486 e. The summed E-state index contributed by atoms with van der Waals surface area (Å²) < 4.78 is 28.8. The van der Waals surface area contributed by atoms with E-state index < -0.39 is 11.8 Å². The number of nitrogens with one attached hydrogen (secondary N) is 2. The molecule has 0 unspecified atom stereocenters. The normalized spacial score (nSPS) is 11.8. The highest BCUT2D eigenvalue weighted by atomic mass is 32.1. The van der Waals surface area contributed by atoms with Crippen LogP contribution in [0.2, 0.25) is 0 Å². The average molecular weight is 415 g/mol. The molecule has 1 aliphatic rings. The molecule has 4 rings (SSSR count). The van der Waals surface area contributed by atoms with Crippen LogP contribution in [-0.4, -0.2) is 23.6 Å². The lowest BCUT2D eigenvalue weighted by Gasteiger charge is -2.06. The van der Waals surface area contributed by atoms with Gasteiger partial charge in [0.2, 0.25) is 6.79 Å². The number of carbonyl (C=O) groups is 2. The Balaban J connectivity index is 1.29. The molecule has 2 amide bonds. The third-order valence-corrected chi connectivity index (χ3v) is 4.71. The third kappa shape index (κ3) is 4.43. The number of carbonyl (C=O) groups excluding carboxylic acids is 2. The Morgan fingerprint density at radius 3 is 2.66 bits per heavy atom. The number of benzene rings is 2. The maximum atomic E-state index is 12.9. The molecule has 0 atom stereocenters. The van der Waals surface area contributed by atoms with Crippen molar-refractivity contribution in [3.63, 3.8) is 0 Å². The first-order valence-corrected chi connectivity index (χ1v) is 9.29. The van der Waals surface area contributed by atoms with Crippen LogP contribution in [-0.2, 0) is 6.61 Å². The summed E-state index contributed by atoms with van der Waals surface area (Å²) in [5.41, 5.74) is 5.08. The molecule has 10 heteroatoms. The van der Waals surface area contributed by atoms with E-state index in [1.165, 1.54) is 41.7 Å². The van der Waals surface area contributed by atoms with E-state index in [1.54, 1.807) is 17.5 Å². The molecule has 0 fully saturated rings. The van der Waals surface area contributed by atoms with Crippen molar-refractivity contribution >= 4 is 23.2 Å². The molecule has 2 aromatic carbocycles. The molecule has 1 aliphatic heterocycles. The molecule has 0 aliphatic carbocycles. The van der Waals surface area contributed by atoms with Crippen LogP contribution < -0.4 is 25.1 Å². The topological polar surface area (TPSA) is 98.8 Å². The van der Waals surface area contributed by atoms with E-state index in [9.17, 15) is 14.0 Å². The number of thiazole rings is 1. The zero-order valence-corrected chi connectivity index (χ0v) is 15.6. The molecule has 2 N–H and O–H groups in total. The van der Waals surface area contributed by atoms with Gasteiger partial charge in [0.1, 0.15) is 28.9 Å². The molecular formula is C19H14FN3O5S. The van der Waals surface area contributed by atoms with Crippen LogP contribution in [0, 0.1) is 5.82 Å². The van der Waals surface area contributed by atoms with Gasteiger partial charge in [-0.1, -0.05) is 0 Å². The molecule has 3 aromatic rings. The van der Waals surface area contributed by atoms with E-state index in [0.717, 1.165) is 0 Å². The zero-order valence-electron chi connectivity index (χ0n) is 14.8. The van der Waals surface area contributed by atoms with Crippen molar-refractivity contribution < 1.29 is 28.2 Å². The maximum absolute atomic E-state index is 12.9. The molecule has 148 valence electrons. The molecule has 29 heavy (non-hydrogen) atoms. The molecule has 0 bridgehead atoms. The Hall–Kier alpha value is -3.66. The molecular weight excluding hydrogens is 401 g/mol.